The van der Waals surface area contributed by atoms with Crippen molar-refractivity contribution in [3.05, 3.63) is 0 Å². The zero-order chi connectivity index (χ0) is 14.1. The number of hydrogen-bond acceptors (Lipinski definition) is 2. The Kier molecular flexibility index (Phi) is 4.47. The van der Waals surface area contributed by atoms with E-state index in [1.54, 1.807) is 0 Å². The van der Waals surface area contributed by atoms with E-state index < -0.39 is 0 Å². The van der Waals surface area contributed by atoms with Gasteiger partial charge in [0.05, 0.1) is 6.10 Å². The van der Waals surface area contributed by atoms with Crippen LogP contribution in [0.1, 0.15) is 54.4 Å². The molecule has 3 nitrogen and oxygen atoms in total. The smallest absolute Gasteiger partial charge is 0.223 e. The number of carbonyl (C=O) groups excluding carboxylic acids is 1. The Labute approximate surface area is 112 Å². The topological polar surface area (TPSA) is 29.5 Å². The fourth-order valence-electron chi connectivity index (χ4n) is 2.76. The maximum Gasteiger partial charge on any atom is 0.223 e. The van der Waals surface area contributed by atoms with E-state index in [0.717, 1.165) is 13.0 Å². The first-order chi connectivity index (χ1) is 8.09. The lowest BCUT2D eigenvalue weighted by atomic mass is 9.63. The largest absolute Gasteiger partial charge is 0.378 e. The Morgan fingerprint density at radius 1 is 1.39 bits per heavy atom. The molecule has 0 aromatic heterocycles. The maximum atomic E-state index is 12.2. The molecule has 1 amide bonds. The van der Waals surface area contributed by atoms with Gasteiger partial charge in [-0.25, -0.2) is 0 Å². The van der Waals surface area contributed by atoms with Gasteiger partial charge < -0.3 is 9.64 Å². The van der Waals surface area contributed by atoms with Gasteiger partial charge in [0.1, 0.15) is 0 Å². The highest BCUT2D eigenvalue weighted by Gasteiger charge is 2.51. The lowest BCUT2D eigenvalue weighted by Gasteiger charge is -2.55. The van der Waals surface area contributed by atoms with Gasteiger partial charge in [-0.3, -0.25) is 4.79 Å². The molecule has 3 heteroatoms. The molecule has 0 radical (unpaired) electrons. The first-order valence-electron chi connectivity index (χ1n) is 6.97. The van der Waals surface area contributed by atoms with Gasteiger partial charge in [-0.2, -0.15) is 0 Å². The van der Waals surface area contributed by atoms with E-state index in [0.29, 0.717) is 12.5 Å². The van der Waals surface area contributed by atoms with E-state index in [1.807, 2.05) is 18.9 Å². The summed E-state index contributed by atoms with van der Waals surface area (Å²) in [7, 11) is 1.93. The van der Waals surface area contributed by atoms with E-state index in [4.69, 9.17) is 4.74 Å². The summed E-state index contributed by atoms with van der Waals surface area (Å²) in [6.45, 7) is 13.5. The molecule has 0 aromatic carbocycles. The van der Waals surface area contributed by atoms with Gasteiger partial charge in [0.25, 0.3) is 0 Å². The van der Waals surface area contributed by atoms with Crippen LogP contribution in [0.15, 0.2) is 0 Å². The first-order valence-corrected chi connectivity index (χ1v) is 6.97. The van der Waals surface area contributed by atoms with E-state index in [2.05, 4.69) is 34.6 Å². The predicted molar refractivity (Wildman–Crippen MR) is 74.4 cm³/mol. The van der Waals surface area contributed by atoms with Crippen LogP contribution in [0.25, 0.3) is 0 Å². The third kappa shape index (κ3) is 3.25. The monoisotopic (exact) mass is 255 g/mol. The third-order valence-electron chi connectivity index (χ3n) is 4.04. The Morgan fingerprint density at radius 2 is 1.94 bits per heavy atom. The average Bonchev–Trinajstić information content (AvgIpc) is 2.20. The van der Waals surface area contributed by atoms with Gasteiger partial charge in [-0.1, -0.05) is 34.6 Å². The van der Waals surface area contributed by atoms with Crippen LogP contribution >= 0.6 is 0 Å². The molecule has 0 spiro atoms. The molecular weight excluding hydrogens is 226 g/mol. The normalized spacial score (nSPS) is 26.6. The number of amides is 1. The minimum absolute atomic E-state index is 0.0541. The third-order valence-corrected chi connectivity index (χ3v) is 4.04. The van der Waals surface area contributed by atoms with Crippen molar-refractivity contribution in [1.82, 2.24) is 4.90 Å². The lowest BCUT2D eigenvalue weighted by molar-refractivity contribution is -0.164. The van der Waals surface area contributed by atoms with E-state index in [1.165, 1.54) is 0 Å². The molecule has 0 bridgehead atoms. The van der Waals surface area contributed by atoms with Crippen molar-refractivity contribution < 1.29 is 9.53 Å². The van der Waals surface area contributed by atoms with Crippen molar-refractivity contribution in [2.45, 2.75) is 66.5 Å². The molecule has 1 saturated carbocycles. The molecule has 2 atom stereocenters. The molecule has 1 fully saturated rings. The van der Waals surface area contributed by atoms with Gasteiger partial charge in [-0.15, -0.1) is 0 Å². The molecule has 0 unspecified atom stereocenters. The summed E-state index contributed by atoms with van der Waals surface area (Å²) in [5.41, 5.74) is 0.122. The minimum atomic E-state index is 0.0541. The van der Waals surface area contributed by atoms with E-state index >= 15 is 0 Å². The second kappa shape index (κ2) is 5.20. The number of hydrogen-bond donors (Lipinski definition) is 0. The summed E-state index contributed by atoms with van der Waals surface area (Å²) < 4.78 is 5.72. The fourth-order valence-corrected chi connectivity index (χ4v) is 2.76. The minimum Gasteiger partial charge on any atom is -0.378 e. The molecule has 0 N–H and O–H groups in total. The molecular formula is C15H29NO2. The number of carbonyl (C=O) groups is 1. The summed E-state index contributed by atoms with van der Waals surface area (Å²) in [5, 5.41) is 0. The molecule has 0 saturated heterocycles. The van der Waals surface area contributed by atoms with Crippen molar-refractivity contribution in [2.24, 2.45) is 10.8 Å². The van der Waals surface area contributed by atoms with Crippen LogP contribution in [0.3, 0.4) is 0 Å². The van der Waals surface area contributed by atoms with Crippen LogP contribution in [0.5, 0.6) is 0 Å². The second-order valence-electron chi connectivity index (χ2n) is 7.26. The van der Waals surface area contributed by atoms with Gasteiger partial charge >= 0.3 is 0 Å². The average molecular weight is 255 g/mol. The highest BCUT2D eigenvalue weighted by molar-refractivity contribution is 5.77. The molecule has 0 heterocycles. The summed E-state index contributed by atoms with van der Waals surface area (Å²) >= 11 is 0. The summed E-state index contributed by atoms with van der Waals surface area (Å²) in [5.74, 6) is 0.246. The molecule has 1 aliphatic rings. The molecule has 1 aliphatic carbocycles. The van der Waals surface area contributed by atoms with Crippen LogP contribution in [0.2, 0.25) is 0 Å². The summed E-state index contributed by atoms with van der Waals surface area (Å²) in [6.07, 6.45) is 1.86. The van der Waals surface area contributed by atoms with Crippen LogP contribution in [-0.4, -0.2) is 36.6 Å². The van der Waals surface area contributed by atoms with Crippen LogP contribution < -0.4 is 0 Å². The molecule has 1 rings (SSSR count). The van der Waals surface area contributed by atoms with Crippen LogP contribution in [-0.2, 0) is 9.53 Å². The SMILES string of the molecule is CCO[C@@H]1C[C@@H](N(C)C(=O)CC(C)(C)C)C1(C)C. The number of rotatable bonds is 4. The lowest BCUT2D eigenvalue weighted by Crippen LogP contribution is -2.62. The first kappa shape index (κ1) is 15.5. The standard InChI is InChI=1S/C15H29NO2/c1-8-18-12-9-11(15(12,5)6)16(7)13(17)10-14(2,3)4/h11-12H,8-10H2,1-7H3/t11-,12-/m1/s1. The van der Waals surface area contributed by atoms with Gasteiger partial charge in [0, 0.05) is 31.5 Å². The van der Waals surface area contributed by atoms with Gasteiger partial charge in [-0.05, 0) is 18.8 Å². The molecule has 18 heavy (non-hydrogen) atoms. The zero-order valence-electron chi connectivity index (χ0n) is 13.0. The Balaban J connectivity index is 2.59. The van der Waals surface area contributed by atoms with Gasteiger partial charge in [0.2, 0.25) is 5.91 Å². The van der Waals surface area contributed by atoms with Crippen LogP contribution in [0, 0.1) is 10.8 Å². The van der Waals surface area contributed by atoms with E-state index in [9.17, 15) is 4.79 Å². The summed E-state index contributed by atoms with van der Waals surface area (Å²) in [4.78, 5) is 14.2. The van der Waals surface area contributed by atoms with Crippen LogP contribution in [0.4, 0.5) is 0 Å². The van der Waals surface area contributed by atoms with Crippen molar-refractivity contribution in [3.8, 4) is 0 Å². The highest BCUT2D eigenvalue weighted by Crippen LogP contribution is 2.45. The molecule has 0 aliphatic heterocycles. The molecule has 106 valence electrons. The van der Waals surface area contributed by atoms with Crippen molar-refractivity contribution in [2.75, 3.05) is 13.7 Å². The van der Waals surface area contributed by atoms with Crippen molar-refractivity contribution in [1.29, 1.82) is 0 Å². The second-order valence-corrected chi connectivity index (χ2v) is 7.26. The fraction of sp³-hybridized carbons (Fsp3) is 0.933. The molecule has 0 aromatic rings. The Bertz CT molecular complexity index is 304. The Morgan fingerprint density at radius 3 is 2.33 bits per heavy atom. The number of ether oxygens (including phenoxy) is 1. The Hall–Kier alpha value is -0.570. The predicted octanol–water partition coefficient (Wildman–Crippen LogP) is 3.08. The van der Waals surface area contributed by atoms with Crippen molar-refractivity contribution in [3.63, 3.8) is 0 Å². The maximum absolute atomic E-state index is 12.2. The quantitative estimate of drug-likeness (QED) is 0.772. The van der Waals surface area contributed by atoms with Crippen molar-refractivity contribution >= 4 is 5.91 Å². The summed E-state index contributed by atoms with van der Waals surface area (Å²) in [6, 6.07) is 0.309. The number of nitrogens with zero attached hydrogens (tertiary/aromatic N) is 1. The zero-order valence-corrected chi connectivity index (χ0v) is 13.0. The van der Waals surface area contributed by atoms with Gasteiger partial charge in [0.15, 0.2) is 0 Å². The highest BCUT2D eigenvalue weighted by atomic mass is 16.5. The van der Waals surface area contributed by atoms with E-state index in [-0.39, 0.29) is 22.8 Å².